The summed E-state index contributed by atoms with van der Waals surface area (Å²) in [7, 11) is 3.17. The van der Waals surface area contributed by atoms with Crippen molar-refractivity contribution in [3.05, 3.63) is 88.6 Å². The number of benzene rings is 2. The number of aromatic nitrogens is 1. The molecule has 72 heavy (non-hydrogen) atoms. The van der Waals surface area contributed by atoms with Crippen LogP contribution >= 0.6 is 11.6 Å². The van der Waals surface area contributed by atoms with Crippen molar-refractivity contribution in [2.24, 2.45) is 35.5 Å². The maximum atomic E-state index is 13.4. The molecule has 4 bridgehead atoms. The molecule has 0 spiro atoms. The lowest BCUT2D eigenvalue weighted by molar-refractivity contribution is -0.151. The Balaban J connectivity index is 0.000000238. The first-order chi connectivity index (χ1) is 34.9. The van der Waals surface area contributed by atoms with Gasteiger partial charge in [0.2, 0.25) is 0 Å². The van der Waals surface area contributed by atoms with E-state index in [4.69, 9.17) is 49.5 Å². The molecule has 1 heterocycles. The number of hydrogen-bond acceptors (Lipinski definition) is 14. The second-order valence-electron chi connectivity index (χ2n) is 19.1. The van der Waals surface area contributed by atoms with E-state index in [0.717, 1.165) is 60.7 Å². The highest BCUT2D eigenvalue weighted by molar-refractivity contribution is 6.30. The summed E-state index contributed by atoms with van der Waals surface area (Å²) in [5.41, 5.74) is 2.75. The Hall–Kier alpha value is -5.51. The molecule has 6 unspecified atom stereocenters. The van der Waals surface area contributed by atoms with Crippen LogP contribution in [0.15, 0.2) is 66.8 Å². The number of fused-ring (bicyclic) bond motifs is 5. The van der Waals surface area contributed by atoms with Crippen LogP contribution in [0.4, 0.5) is 0 Å². The molecule has 3 aromatic rings. The first-order valence-electron chi connectivity index (χ1n) is 25.6. The van der Waals surface area contributed by atoms with E-state index in [9.17, 15) is 28.8 Å². The first-order valence-corrected chi connectivity index (χ1v) is 26.0. The summed E-state index contributed by atoms with van der Waals surface area (Å²) in [6.07, 6.45) is 18.8. The third-order valence-corrected chi connectivity index (χ3v) is 14.2. The Bertz CT molecular complexity index is 2340. The van der Waals surface area contributed by atoms with Crippen LogP contribution in [0, 0.1) is 42.4 Å². The summed E-state index contributed by atoms with van der Waals surface area (Å²) in [4.78, 5) is 73.3. The zero-order chi connectivity index (χ0) is 51.2. The van der Waals surface area contributed by atoms with Gasteiger partial charge < -0.3 is 37.9 Å². The molecule has 0 N–H and O–H groups in total. The van der Waals surface area contributed by atoms with Crippen LogP contribution in [0.5, 0.6) is 5.75 Å². The highest BCUT2D eigenvalue weighted by Gasteiger charge is 2.37. The molecule has 2 fully saturated rings. The smallest absolute Gasteiger partial charge is 0.310 e. The van der Waals surface area contributed by atoms with E-state index >= 15 is 0 Å². The van der Waals surface area contributed by atoms with Crippen LogP contribution in [0.2, 0.25) is 5.02 Å². The normalized spacial score (nSPS) is 20.0. The van der Waals surface area contributed by atoms with Gasteiger partial charge in [0.25, 0.3) is 5.91 Å². The summed E-state index contributed by atoms with van der Waals surface area (Å²) >= 11 is 5.99. The quantitative estimate of drug-likeness (QED) is 0.0277. The zero-order valence-corrected chi connectivity index (χ0v) is 42.9. The molecule has 2 saturated carbocycles. The average Bonchev–Trinajstić information content (AvgIpc) is 4.25. The molecule has 15 nitrogen and oxygen atoms in total. The van der Waals surface area contributed by atoms with Gasteiger partial charge in [-0.2, -0.15) is 0 Å². The molecule has 4 aliphatic carbocycles. The topological polar surface area (TPSA) is 181 Å². The van der Waals surface area contributed by atoms with Crippen LogP contribution in [-0.4, -0.2) is 107 Å². The van der Waals surface area contributed by atoms with Crippen LogP contribution in [0.25, 0.3) is 10.9 Å². The molecule has 0 radical (unpaired) electrons. The van der Waals surface area contributed by atoms with Crippen molar-refractivity contribution >= 4 is 58.3 Å². The number of esters is 5. The monoisotopic (exact) mass is 1020 g/mol. The van der Waals surface area contributed by atoms with E-state index in [1.54, 1.807) is 43.1 Å². The minimum Gasteiger partial charge on any atom is -0.497 e. The fourth-order valence-electron chi connectivity index (χ4n) is 9.98. The number of methoxy groups -OCH3 is 2. The Morgan fingerprint density at radius 1 is 0.569 bits per heavy atom. The Kier molecular flexibility index (Phi) is 22.7. The van der Waals surface area contributed by atoms with Crippen LogP contribution in [-0.2, 0) is 63.6 Å². The molecule has 0 aliphatic heterocycles. The lowest BCUT2D eigenvalue weighted by Crippen LogP contribution is -2.19. The van der Waals surface area contributed by atoms with Gasteiger partial charge in [-0.25, -0.2) is 0 Å². The predicted octanol–water partition coefficient (Wildman–Crippen LogP) is 9.53. The Morgan fingerprint density at radius 3 is 1.65 bits per heavy atom. The first kappa shape index (κ1) is 55.8. The summed E-state index contributed by atoms with van der Waals surface area (Å²) in [6, 6.07) is 12.3. The molecule has 1 aromatic heterocycles. The lowest BCUT2D eigenvalue weighted by Gasteiger charge is -2.17. The number of rotatable bonds is 29. The van der Waals surface area contributed by atoms with E-state index in [0.29, 0.717) is 111 Å². The molecule has 6 atom stereocenters. The number of hydrogen-bond donors (Lipinski definition) is 0. The van der Waals surface area contributed by atoms with Crippen molar-refractivity contribution in [1.82, 2.24) is 4.57 Å². The van der Waals surface area contributed by atoms with Gasteiger partial charge in [-0.3, -0.25) is 33.3 Å². The molecule has 16 heteroatoms. The molecule has 4 aliphatic rings. The SMILES string of the molecule is COCCOCCOC(=O)CCC(=O)OCCCCCC(=O)OCCCCCC(=O)OCC1CC2C=CC1C2.COc1ccc2c(c1)c(CC(=O)OCC1CC3C=CC1C3)c(C)n2C(=O)c1ccc(Cl)cc1. The summed E-state index contributed by atoms with van der Waals surface area (Å²) in [5.74, 6) is 2.28. The predicted molar refractivity (Wildman–Crippen MR) is 269 cm³/mol. The maximum absolute atomic E-state index is 13.4. The lowest BCUT2D eigenvalue weighted by atomic mass is 9.95. The fourth-order valence-corrected chi connectivity index (χ4v) is 10.1. The van der Waals surface area contributed by atoms with Crippen molar-refractivity contribution in [2.75, 3.05) is 67.1 Å². The van der Waals surface area contributed by atoms with Crippen LogP contribution < -0.4 is 4.74 Å². The molecule has 0 amide bonds. The highest BCUT2D eigenvalue weighted by atomic mass is 35.5. The second kappa shape index (κ2) is 29.3. The zero-order valence-electron chi connectivity index (χ0n) is 42.1. The third-order valence-electron chi connectivity index (χ3n) is 13.9. The van der Waals surface area contributed by atoms with Gasteiger partial charge in [0.15, 0.2) is 0 Å². The van der Waals surface area contributed by atoms with Gasteiger partial charge in [0.1, 0.15) is 12.4 Å². The number of nitrogens with zero attached hydrogens (tertiary/aromatic N) is 1. The second-order valence-corrected chi connectivity index (χ2v) is 19.5. The molecular weight excluding hydrogens is 946 g/mol. The van der Waals surface area contributed by atoms with Crippen molar-refractivity contribution in [3.63, 3.8) is 0 Å². The number of unbranched alkanes of at least 4 members (excludes halogenated alkanes) is 4. The molecule has 392 valence electrons. The minimum absolute atomic E-state index is 0.0318. The molecule has 2 aromatic carbocycles. The Labute approximate surface area is 428 Å². The van der Waals surface area contributed by atoms with Crippen molar-refractivity contribution in [2.45, 2.75) is 103 Å². The fraction of sp³-hybridized carbons (Fsp3) is 0.571. The van der Waals surface area contributed by atoms with E-state index < -0.39 is 11.9 Å². The van der Waals surface area contributed by atoms with E-state index in [1.165, 1.54) is 12.8 Å². The number of ether oxygens (including phenoxy) is 8. The number of carbonyl (C=O) groups is 6. The maximum Gasteiger partial charge on any atom is 0.310 e. The summed E-state index contributed by atoms with van der Waals surface area (Å²) < 4.78 is 43.5. The summed E-state index contributed by atoms with van der Waals surface area (Å²) in [5, 5.41) is 1.38. The number of allylic oxidation sites excluding steroid dienone is 4. The minimum atomic E-state index is -0.470. The standard InChI is InChI=1S/C29H46O10.C27H26ClNO4/c1-34-16-17-35-18-19-38-29(33)13-12-28(32)37-15-7-2-4-8-26(30)36-14-6-3-5-9-27(31)39-22-25-21-23-10-11-24(25)20-23;1-16-23(14-26(30)33-15-20-12-17-3-4-19(20)11-17)24-13-22(32-2)9-10-25(24)29(16)27(31)18-5-7-21(28)8-6-18/h10-11,23-25H,2-9,12-22H2,1H3;3-10,13,17,19-20H,11-12,14-15H2,1-2H3. The van der Waals surface area contributed by atoms with Crippen molar-refractivity contribution in [3.8, 4) is 5.75 Å². The van der Waals surface area contributed by atoms with E-state index in [-0.39, 0.29) is 62.9 Å². The third kappa shape index (κ3) is 17.3. The van der Waals surface area contributed by atoms with E-state index in [1.807, 2.05) is 25.1 Å². The largest absolute Gasteiger partial charge is 0.497 e. The van der Waals surface area contributed by atoms with Gasteiger partial charge >= 0.3 is 29.8 Å². The highest BCUT2D eigenvalue weighted by Crippen LogP contribution is 2.44. The van der Waals surface area contributed by atoms with Gasteiger partial charge in [-0.05, 0) is 155 Å². The number of carbonyl (C=O) groups excluding carboxylic acids is 6. The number of halogens is 1. The van der Waals surface area contributed by atoms with Gasteiger partial charge in [-0.15, -0.1) is 0 Å². The van der Waals surface area contributed by atoms with Crippen molar-refractivity contribution < 1.29 is 66.7 Å². The van der Waals surface area contributed by atoms with Crippen LogP contribution in [0.3, 0.4) is 0 Å². The average molecular weight is 1020 g/mol. The van der Waals surface area contributed by atoms with Gasteiger partial charge in [0.05, 0.1) is 78.1 Å². The van der Waals surface area contributed by atoms with Gasteiger partial charge in [-0.1, -0.05) is 35.9 Å². The molecule has 0 saturated heterocycles. The molecule has 7 rings (SSSR count). The van der Waals surface area contributed by atoms with Crippen LogP contribution in [0.1, 0.15) is 112 Å². The summed E-state index contributed by atoms with van der Waals surface area (Å²) in [6.45, 7) is 4.78. The van der Waals surface area contributed by atoms with Gasteiger partial charge in [0, 0.05) is 41.6 Å². The van der Waals surface area contributed by atoms with Crippen molar-refractivity contribution in [1.29, 1.82) is 0 Å². The Morgan fingerprint density at radius 2 is 1.11 bits per heavy atom. The molecular formula is C56H72ClNO14. The van der Waals surface area contributed by atoms with E-state index in [2.05, 4.69) is 24.3 Å².